The minimum atomic E-state index is -0.348. The van der Waals surface area contributed by atoms with Crippen molar-refractivity contribution in [3.8, 4) is 11.5 Å². The first kappa shape index (κ1) is 25.1. The number of anilines is 1. The molecule has 194 valence electrons. The Hall–Kier alpha value is -2.61. The van der Waals surface area contributed by atoms with Crippen molar-refractivity contribution in [2.24, 2.45) is 0 Å². The van der Waals surface area contributed by atoms with Gasteiger partial charge in [-0.3, -0.25) is 9.80 Å². The zero-order valence-electron chi connectivity index (χ0n) is 21.3. The van der Waals surface area contributed by atoms with E-state index >= 15 is 0 Å². The number of aliphatic hydroxyl groups excluding tert-OH is 1. The number of β-amino-alcohol motifs (C(OH)–C–C–N with tert-alkyl or cyclic N) is 1. The smallest absolute Gasteiger partial charge is 0.163 e. The van der Waals surface area contributed by atoms with Gasteiger partial charge in [0, 0.05) is 50.5 Å². The summed E-state index contributed by atoms with van der Waals surface area (Å²) in [5, 5.41) is 10.1. The van der Waals surface area contributed by atoms with Crippen LogP contribution in [0.25, 0.3) is 0 Å². The summed E-state index contributed by atoms with van der Waals surface area (Å²) in [5.74, 6) is 1.60. The fourth-order valence-corrected chi connectivity index (χ4v) is 6.04. The van der Waals surface area contributed by atoms with E-state index in [1.54, 1.807) is 7.11 Å². The molecule has 2 aromatic rings. The summed E-state index contributed by atoms with van der Waals surface area (Å²) in [5.41, 5.74) is 2.39. The SMILES string of the molecule is COc1ccc(N2CCN(C(C=O)N3CC[C@H](O)C3)[C@@H](Cc3ccccc3)C2)cc1OC1CCCC1. The third-order valence-corrected chi connectivity index (χ3v) is 7.98. The predicted molar refractivity (Wildman–Crippen MR) is 141 cm³/mol. The molecule has 0 bridgehead atoms. The molecule has 7 nitrogen and oxygen atoms in total. The number of hydrogen-bond acceptors (Lipinski definition) is 7. The summed E-state index contributed by atoms with van der Waals surface area (Å²) in [6.07, 6.45) is 6.90. The first-order chi connectivity index (χ1) is 17.6. The van der Waals surface area contributed by atoms with Crippen LogP contribution in [0.4, 0.5) is 5.69 Å². The van der Waals surface area contributed by atoms with Crippen molar-refractivity contribution in [3.05, 3.63) is 54.1 Å². The second kappa shape index (κ2) is 11.6. The number of carbonyl (C=O) groups excluding carboxylic acids is 1. The minimum absolute atomic E-state index is 0.162. The standard InChI is InChI=1S/C29H39N3O4/c1-35-27-12-11-23(18-28(27)36-26-9-5-6-10-26)30-15-16-32(29(21-33)31-14-13-25(34)20-31)24(19-30)17-22-7-3-2-4-8-22/h2-4,7-8,11-12,18,21,24-26,29,34H,5-6,9-10,13-17,19-20H2,1H3/t24-,25-,29?/m0/s1. The van der Waals surface area contributed by atoms with E-state index in [1.165, 1.54) is 18.4 Å². The lowest BCUT2D eigenvalue weighted by molar-refractivity contribution is -0.120. The van der Waals surface area contributed by atoms with Gasteiger partial charge in [-0.15, -0.1) is 0 Å². The number of carbonyl (C=O) groups is 1. The average molecular weight is 494 g/mol. The number of piperazine rings is 1. The zero-order valence-corrected chi connectivity index (χ0v) is 21.3. The van der Waals surface area contributed by atoms with Crippen LogP contribution in [-0.4, -0.2) is 85.4 Å². The van der Waals surface area contributed by atoms with Crippen LogP contribution in [0.3, 0.4) is 0 Å². The number of likely N-dealkylation sites (tertiary alicyclic amines) is 1. The molecule has 2 saturated heterocycles. The van der Waals surface area contributed by atoms with Gasteiger partial charge >= 0.3 is 0 Å². The van der Waals surface area contributed by atoms with Gasteiger partial charge in [0.05, 0.1) is 19.3 Å². The van der Waals surface area contributed by atoms with Gasteiger partial charge in [-0.25, -0.2) is 0 Å². The molecule has 3 fully saturated rings. The van der Waals surface area contributed by atoms with Crippen molar-refractivity contribution in [2.45, 2.75) is 62.9 Å². The Labute approximate surface area is 214 Å². The van der Waals surface area contributed by atoms with Gasteiger partial charge < -0.3 is 24.3 Å². The second-order valence-electron chi connectivity index (χ2n) is 10.4. The van der Waals surface area contributed by atoms with Crippen molar-refractivity contribution in [3.63, 3.8) is 0 Å². The molecule has 1 N–H and O–H groups in total. The summed E-state index contributed by atoms with van der Waals surface area (Å²) in [4.78, 5) is 19.2. The monoisotopic (exact) mass is 493 g/mol. The molecule has 0 amide bonds. The Morgan fingerprint density at radius 2 is 1.81 bits per heavy atom. The van der Waals surface area contributed by atoms with Crippen molar-refractivity contribution < 1.29 is 19.4 Å². The number of rotatable bonds is 9. The van der Waals surface area contributed by atoms with Gasteiger partial charge in [0.1, 0.15) is 6.17 Å². The largest absolute Gasteiger partial charge is 0.493 e. The first-order valence-electron chi connectivity index (χ1n) is 13.4. The predicted octanol–water partition coefficient (Wildman–Crippen LogP) is 3.34. The molecule has 2 aromatic carbocycles. The van der Waals surface area contributed by atoms with Gasteiger partial charge in [0.2, 0.25) is 0 Å². The quantitative estimate of drug-likeness (QED) is 0.538. The van der Waals surface area contributed by atoms with Crippen molar-refractivity contribution in [1.29, 1.82) is 0 Å². The van der Waals surface area contributed by atoms with Crippen LogP contribution in [0, 0.1) is 0 Å². The molecule has 3 aliphatic rings. The number of ether oxygens (including phenoxy) is 2. The molecule has 0 spiro atoms. The molecule has 3 atom stereocenters. The molecule has 1 unspecified atom stereocenters. The van der Waals surface area contributed by atoms with Crippen LogP contribution in [0.5, 0.6) is 11.5 Å². The Balaban J connectivity index is 1.37. The maximum Gasteiger partial charge on any atom is 0.163 e. The molecule has 2 aliphatic heterocycles. The van der Waals surface area contributed by atoms with Gasteiger partial charge in [-0.2, -0.15) is 0 Å². The zero-order chi connectivity index (χ0) is 24.9. The number of aldehydes is 1. The molecule has 7 heteroatoms. The molecule has 2 heterocycles. The van der Waals surface area contributed by atoms with Crippen molar-refractivity contribution in [2.75, 3.05) is 44.7 Å². The van der Waals surface area contributed by atoms with E-state index in [1.807, 2.05) is 12.1 Å². The second-order valence-corrected chi connectivity index (χ2v) is 10.4. The van der Waals surface area contributed by atoms with Gasteiger partial charge in [0.25, 0.3) is 0 Å². The molecule has 0 radical (unpaired) electrons. The lowest BCUT2D eigenvalue weighted by atomic mass is 10.0. The van der Waals surface area contributed by atoms with E-state index in [-0.39, 0.29) is 24.4 Å². The third kappa shape index (κ3) is 5.69. The van der Waals surface area contributed by atoms with Gasteiger partial charge in [-0.1, -0.05) is 30.3 Å². The number of methoxy groups -OCH3 is 1. The lowest BCUT2D eigenvalue weighted by Gasteiger charge is -2.46. The molecule has 1 saturated carbocycles. The van der Waals surface area contributed by atoms with E-state index in [2.05, 4.69) is 51.1 Å². The summed E-state index contributed by atoms with van der Waals surface area (Å²) in [6.45, 7) is 3.72. The molecule has 0 aromatic heterocycles. The number of nitrogens with zero attached hydrogens (tertiary/aromatic N) is 3. The highest BCUT2D eigenvalue weighted by Gasteiger charge is 2.37. The highest BCUT2D eigenvalue weighted by atomic mass is 16.5. The molecular formula is C29H39N3O4. The number of benzene rings is 2. The van der Waals surface area contributed by atoms with Gasteiger partial charge in [0.15, 0.2) is 17.8 Å². The number of aliphatic hydroxyl groups is 1. The Bertz CT molecular complexity index is 997. The summed E-state index contributed by atoms with van der Waals surface area (Å²) in [6, 6.07) is 16.9. The van der Waals surface area contributed by atoms with Gasteiger partial charge in [-0.05, 0) is 56.2 Å². The average Bonchev–Trinajstić information content (AvgIpc) is 3.58. The van der Waals surface area contributed by atoms with Crippen LogP contribution in [-0.2, 0) is 11.2 Å². The van der Waals surface area contributed by atoms with E-state index in [0.29, 0.717) is 6.54 Å². The first-order valence-corrected chi connectivity index (χ1v) is 13.4. The Kier molecular flexibility index (Phi) is 8.09. The third-order valence-electron chi connectivity index (χ3n) is 7.98. The normalized spacial score (nSPS) is 24.7. The highest BCUT2D eigenvalue weighted by molar-refractivity contribution is 5.59. The maximum absolute atomic E-state index is 12.3. The van der Waals surface area contributed by atoms with Crippen molar-refractivity contribution >= 4 is 12.0 Å². The van der Waals surface area contributed by atoms with Crippen molar-refractivity contribution in [1.82, 2.24) is 9.80 Å². The summed E-state index contributed by atoms with van der Waals surface area (Å²) >= 11 is 0. The maximum atomic E-state index is 12.3. The Morgan fingerprint density at radius 1 is 1.00 bits per heavy atom. The van der Waals surface area contributed by atoms with Crippen LogP contribution in [0.1, 0.15) is 37.7 Å². The number of hydrogen-bond donors (Lipinski definition) is 1. The van der Waals surface area contributed by atoms with E-state index in [9.17, 15) is 9.90 Å². The molecular weight excluding hydrogens is 454 g/mol. The lowest BCUT2D eigenvalue weighted by Crippen LogP contribution is -2.61. The summed E-state index contributed by atoms with van der Waals surface area (Å²) in [7, 11) is 1.69. The van der Waals surface area contributed by atoms with E-state index < -0.39 is 0 Å². The highest BCUT2D eigenvalue weighted by Crippen LogP contribution is 2.36. The fraction of sp³-hybridized carbons (Fsp3) is 0.552. The Morgan fingerprint density at radius 3 is 2.50 bits per heavy atom. The topological polar surface area (TPSA) is 65.5 Å². The summed E-state index contributed by atoms with van der Waals surface area (Å²) < 4.78 is 12.0. The fourth-order valence-electron chi connectivity index (χ4n) is 6.04. The molecule has 5 rings (SSSR count). The van der Waals surface area contributed by atoms with E-state index in [0.717, 1.165) is 75.3 Å². The van der Waals surface area contributed by atoms with Crippen LogP contribution < -0.4 is 14.4 Å². The van der Waals surface area contributed by atoms with Crippen LogP contribution >= 0.6 is 0 Å². The van der Waals surface area contributed by atoms with E-state index in [4.69, 9.17) is 9.47 Å². The minimum Gasteiger partial charge on any atom is -0.493 e. The van der Waals surface area contributed by atoms with Crippen LogP contribution in [0.15, 0.2) is 48.5 Å². The molecule has 1 aliphatic carbocycles. The van der Waals surface area contributed by atoms with Crippen LogP contribution in [0.2, 0.25) is 0 Å². The molecule has 36 heavy (non-hydrogen) atoms.